The third-order valence-electron chi connectivity index (χ3n) is 2.44. The molecule has 0 saturated heterocycles. The average molecular weight is 287 g/mol. The lowest BCUT2D eigenvalue weighted by Crippen LogP contribution is -2.36. The lowest BCUT2D eigenvalue weighted by atomic mass is 10.2. The van der Waals surface area contributed by atoms with E-state index in [9.17, 15) is 9.59 Å². The molecule has 1 unspecified atom stereocenters. The number of hydrogen-bond donors (Lipinski definition) is 2. The van der Waals surface area contributed by atoms with Crippen molar-refractivity contribution in [1.29, 1.82) is 0 Å². The van der Waals surface area contributed by atoms with Gasteiger partial charge in [0.1, 0.15) is 6.10 Å². The highest BCUT2D eigenvalue weighted by atomic mass is 35.5. The van der Waals surface area contributed by atoms with Gasteiger partial charge in [-0.2, -0.15) is 0 Å². The average Bonchev–Trinajstić information content (AvgIpc) is 2.41. The van der Waals surface area contributed by atoms with Crippen molar-refractivity contribution in [3.63, 3.8) is 0 Å². The van der Waals surface area contributed by atoms with Crippen molar-refractivity contribution in [2.45, 2.75) is 6.10 Å². The molecule has 0 aliphatic rings. The number of rotatable bonds is 5. The van der Waals surface area contributed by atoms with Gasteiger partial charge in [-0.1, -0.05) is 11.6 Å². The minimum Gasteiger partial charge on any atom is -0.465 e. The smallest absolute Gasteiger partial charge is 0.337 e. The molecule has 0 aliphatic heterocycles. The summed E-state index contributed by atoms with van der Waals surface area (Å²) in [5.41, 5.74) is 5.96. The molecule has 1 amide bonds. The number of halogens is 1. The van der Waals surface area contributed by atoms with Gasteiger partial charge in [0.15, 0.2) is 0 Å². The van der Waals surface area contributed by atoms with E-state index >= 15 is 0 Å². The number of anilines is 1. The molecule has 1 atom stereocenters. The Balaban J connectivity index is 2.94. The van der Waals surface area contributed by atoms with Gasteiger partial charge in [0, 0.05) is 13.7 Å². The molecule has 0 aliphatic carbocycles. The maximum absolute atomic E-state index is 11.8. The van der Waals surface area contributed by atoms with Crippen LogP contribution < -0.4 is 11.1 Å². The second-order valence-electron chi connectivity index (χ2n) is 3.64. The first-order chi connectivity index (χ1) is 9.03. The minimum atomic E-state index is -0.780. The maximum atomic E-state index is 11.8. The van der Waals surface area contributed by atoms with Gasteiger partial charge in [0.05, 0.1) is 23.4 Å². The van der Waals surface area contributed by atoms with Crippen molar-refractivity contribution >= 4 is 29.2 Å². The molecule has 1 rings (SSSR count). The van der Waals surface area contributed by atoms with Crippen LogP contribution in [0.3, 0.4) is 0 Å². The van der Waals surface area contributed by atoms with Gasteiger partial charge < -0.3 is 20.5 Å². The maximum Gasteiger partial charge on any atom is 0.337 e. The van der Waals surface area contributed by atoms with Crippen LogP contribution in [0.4, 0.5) is 5.69 Å². The number of esters is 1. The fourth-order valence-electron chi connectivity index (χ4n) is 1.39. The highest BCUT2D eigenvalue weighted by molar-refractivity contribution is 6.33. The molecule has 1 aromatic carbocycles. The first-order valence-corrected chi connectivity index (χ1v) is 5.82. The van der Waals surface area contributed by atoms with E-state index in [4.69, 9.17) is 22.1 Å². The summed E-state index contributed by atoms with van der Waals surface area (Å²) in [6.45, 7) is 0.0383. The fourth-order valence-corrected chi connectivity index (χ4v) is 1.55. The first-order valence-electron chi connectivity index (χ1n) is 5.45. The number of nitrogens with one attached hydrogen (secondary N) is 1. The Hall–Kier alpha value is -1.63. The first kappa shape index (κ1) is 15.4. The lowest BCUT2D eigenvalue weighted by molar-refractivity contribution is -0.125. The number of hydrogen-bond acceptors (Lipinski definition) is 5. The zero-order valence-corrected chi connectivity index (χ0v) is 11.4. The van der Waals surface area contributed by atoms with E-state index in [-0.39, 0.29) is 12.1 Å². The monoisotopic (exact) mass is 286 g/mol. The van der Waals surface area contributed by atoms with E-state index in [0.29, 0.717) is 10.7 Å². The van der Waals surface area contributed by atoms with Gasteiger partial charge in [0.2, 0.25) is 0 Å². The predicted octanol–water partition coefficient (Wildman–Crippen LogP) is 1.04. The number of ether oxygens (including phenoxy) is 2. The molecule has 0 aromatic heterocycles. The molecule has 104 valence electrons. The van der Waals surface area contributed by atoms with Crippen LogP contribution in [-0.4, -0.2) is 38.7 Å². The Morgan fingerprint density at radius 3 is 2.63 bits per heavy atom. The molecule has 0 spiro atoms. The molecule has 7 heteroatoms. The number of methoxy groups -OCH3 is 2. The third-order valence-corrected chi connectivity index (χ3v) is 2.77. The Kier molecular flexibility index (Phi) is 5.75. The number of benzene rings is 1. The SMILES string of the molecule is COC(=O)c1ccc(Cl)c(NC(=O)C(CN)OC)c1. The highest BCUT2D eigenvalue weighted by Crippen LogP contribution is 2.23. The summed E-state index contributed by atoms with van der Waals surface area (Å²) in [5, 5.41) is 2.85. The predicted molar refractivity (Wildman–Crippen MR) is 71.3 cm³/mol. The van der Waals surface area contributed by atoms with Crippen LogP contribution in [0, 0.1) is 0 Å². The number of amides is 1. The van der Waals surface area contributed by atoms with Gasteiger partial charge in [-0.3, -0.25) is 4.79 Å². The number of carbonyl (C=O) groups excluding carboxylic acids is 2. The second-order valence-corrected chi connectivity index (χ2v) is 4.04. The fraction of sp³-hybridized carbons (Fsp3) is 0.333. The van der Waals surface area contributed by atoms with Gasteiger partial charge in [-0.15, -0.1) is 0 Å². The molecule has 1 aromatic rings. The summed E-state index contributed by atoms with van der Waals surface area (Å²) in [5.74, 6) is -0.955. The Morgan fingerprint density at radius 2 is 2.11 bits per heavy atom. The summed E-state index contributed by atoms with van der Waals surface area (Å²) in [7, 11) is 2.65. The van der Waals surface area contributed by atoms with Crippen LogP contribution in [0.25, 0.3) is 0 Å². The third kappa shape index (κ3) is 3.92. The van der Waals surface area contributed by atoms with Gasteiger partial charge in [-0.05, 0) is 18.2 Å². The standard InChI is InChI=1S/C12H15ClN2O4/c1-18-10(6-14)11(16)15-9-5-7(12(17)19-2)3-4-8(9)13/h3-5,10H,6,14H2,1-2H3,(H,15,16). The molecule has 19 heavy (non-hydrogen) atoms. The molecule has 3 N–H and O–H groups in total. The zero-order valence-electron chi connectivity index (χ0n) is 10.6. The van der Waals surface area contributed by atoms with Crippen LogP contribution in [-0.2, 0) is 14.3 Å². The van der Waals surface area contributed by atoms with Crippen molar-refractivity contribution < 1.29 is 19.1 Å². The molecule has 6 nitrogen and oxygen atoms in total. The normalized spacial score (nSPS) is 11.8. The van der Waals surface area contributed by atoms with Crippen molar-refractivity contribution in [2.24, 2.45) is 5.73 Å². The number of nitrogens with two attached hydrogens (primary N) is 1. The van der Waals surface area contributed by atoms with Crippen LogP contribution in [0.5, 0.6) is 0 Å². The lowest BCUT2D eigenvalue weighted by Gasteiger charge is -2.14. The summed E-state index contributed by atoms with van der Waals surface area (Å²) in [6, 6.07) is 4.42. The van der Waals surface area contributed by atoms with E-state index in [1.807, 2.05) is 0 Å². The molecule has 0 radical (unpaired) electrons. The minimum absolute atomic E-state index is 0.0383. The molecule has 0 fully saturated rings. The molecule has 0 bridgehead atoms. The Morgan fingerprint density at radius 1 is 1.42 bits per heavy atom. The molecule has 0 heterocycles. The highest BCUT2D eigenvalue weighted by Gasteiger charge is 2.18. The Bertz CT molecular complexity index is 475. The van der Waals surface area contributed by atoms with Crippen LogP contribution in [0.15, 0.2) is 18.2 Å². The van der Waals surface area contributed by atoms with Crippen LogP contribution in [0.1, 0.15) is 10.4 Å². The van der Waals surface area contributed by atoms with Crippen molar-refractivity contribution in [3.05, 3.63) is 28.8 Å². The van der Waals surface area contributed by atoms with Crippen LogP contribution >= 0.6 is 11.6 Å². The van der Waals surface area contributed by atoms with Gasteiger partial charge >= 0.3 is 5.97 Å². The van der Waals surface area contributed by atoms with E-state index < -0.39 is 18.0 Å². The van der Waals surface area contributed by atoms with E-state index in [2.05, 4.69) is 10.1 Å². The molecule has 0 saturated carbocycles. The van der Waals surface area contributed by atoms with E-state index in [1.165, 1.54) is 32.4 Å². The van der Waals surface area contributed by atoms with Crippen molar-refractivity contribution in [2.75, 3.05) is 26.1 Å². The molecular weight excluding hydrogens is 272 g/mol. The van der Waals surface area contributed by atoms with E-state index in [1.54, 1.807) is 0 Å². The van der Waals surface area contributed by atoms with E-state index in [0.717, 1.165) is 0 Å². The van der Waals surface area contributed by atoms with Gasteiger partial charge in [0.25, 0.3) is 5.91 Å². The summed E-state index contributed by atoms with van der Waals surface area (Å²) < 4.78 is 9.49. The summed E-state index contributed by atoms with van der Waals surface area (Å²) in [4.78, 5) is 23.2. The topological polar surface area (TPSA) is 90.7 Å². The largest absolute Gasteiger partial charge is 0.465 e. The van der Waals surface area contributed by atoms with Crippen molar-refractivity contribution in [3.8, 4) is 0 Å². The quantitative estimate of drug-likeness (QED) is 0.789. The summed E-state index contributed by atoms with van der Waals surface area (Å²) in [6.07, 6.45) is -0.780. The van der Waals surface area contributed by atoms with Crippen molar-refractivity contribution in [1.82, 2.24) is 0 Å². The second kappa shape index (κ2) is 7.08. The van der Waals surface area contributed by atoms with Crippen LogP contribution in [0.2, 0.25) is 5.02 Å². The number of carbonyl (C=O) groups is 2. The summed E-state index contributed by atoms with van der Waals surface area (Å²) >= 11 is 5.94. The zero-order chi connectivity index (χ0) is 14.4. The molecular formula is C12H15ClN2O4. The van der Waals surface area contributed by atoms with Gasteiger partial charge in [-0.25, -0.2) is 4.79 Å². The Labute approximate surface area is 115 Å².